The summed E-state index contributed by atoms with van der Waals surface area (Å²) in [5, 5.41) is 0. The van der Waals surface area contributed by atoms with Crippen molar-refractivity contribution in [2.75, 3.05) is 0 Å². The van der Waals surface area contributed by atoms with E-state index < -0.39 is 19.5 Å². The molecule has 4 rings (SSSR count). The van der Waals surface area contributed by atoms with Crippen molar-refractivity contribution in [3.8, 4) is 0 Å². The second-order valence-corrected chi connectivity index (χ2v) is 17.4. The SMILES string of the molecule is CC(=O)O[C@]1(C(C)=O)CC[C@H]2[C@@H]3C[C@@](C)(O[Si](C)(C)C)C4=CC(=O)CC[C@]4(C)[C@H]3CC[C@@]21C. The number of fused-ring (bicyclic) bond motifs is 5. The Hall–Kier alpha value is -1.27. The van der Waals surface area contributed by atoms with Crippen molar-refractivity contribution in [3.63, 3.8) is 0 Å². The van der Waals surface area contributed by atoms with Gasteiger partial charge in [0.05, 0.1) is 5.60 Å². The van der Waals surface area contributed by atoms with Crippen LogP contribution in [-0.2, 0) is 23.5 Å². The van der Waals surface area contributed by atoms with Gasteiger partial charge in [-0.15, -0.1) is 0 Å². The largest absolute Gasteiger partial charge is 0.451 e. The van der Waals surface area contributed by atoms with Crippen LogP contribution in [-0.4, -0.2) is 37.1 Å². The van der Waals surface area contributed by atoms with Crippen molar-refractivity contribution < 1.29 is 23.5 Å². The molecule has 0 saturated heterocycles. The quantitative estimate of drug-likeness (QED) is 0.390. The standard InChI is InChI=1S/C27H42O5Si/c1-17(28)27(31-18(2)29)14-11-22-20-16-26(5,32-33(6,7)8)23-15-19(30)9-12-24(23,3)21(20)10-13-25(22,27)4/h15,20-22H,9-14,16H2,1-8H3/t20-,21+,22+,24-,25+,26-,27+/m1/s1. The van der Waals surface area contributed by atoms with Gasteiger partial charge >= 0.3 is 5.97 Å². The maximum Gasteiger partial charge on any atom is 0.303 e. The zero-order valence-electron chi connectivity index (χ0n) is 21.8. The van der Waals surface area contributed by atoms with Gasteiger partial charge in [0.2, 0.25) is 0 Å². The smallest absolute Gasteiger partial charge is 0.303 e. The lowest BCUT2D eigenvalue weighted by atomic mass is 9.44. The van der Waals surface area contributed by atoms with Gasteiger partial charge < -0.3 is 9.16 Å². The lowest BCUT2D eigenvalue weighted by molar-refractivity contribution is -0.190. The molecule has 0 aromatic carbocycles. The number of Topliss-reactive ketones (excluding diaryl/α,β-unsaturated/α-hetero) is 1. The maximum atomic E-state index is 13.0. The lowest BCUT2D eigenvalue weighted by Gasteiger charge is -2.63. The van der Waals surface area contributed by atoms with E-state index in [9.17, 15) is 14.4 Å². The van der Waals surface area contributed by atoms with E-state index in [1.807, 2.05) is 6.08 Å². The number of hydrogen-bond donors (Lipinski definition) is 0. The molecule has 0 N–H and O–H groups in total. The van der Waals surface area contributed by atoms with E-state index in [2.05, 4.69) is 40.4 Å². The molecule has 6 heteroatoms. The molecule has 184 valence electrons. The second kappa shape index (κ2) is 7.61. The van der Waals surface area contributed by atoms with Crippen molar-refractivity contribution in [1.82, 2.24) is 0 Å². The zero-order valence-corrected chi connectivity index (χ0v) is 22.8. The van der Waals surface area contributed by atoms with Crippen LogP contribution in [0.1, 0.15) is 79.6 Å². The highest BCUT2D eigenvalue weighted by Crippen LogP contribution is 2.70. The first kappa shape index (κ1) is 24.8. The fourth-order valence-corrected chi connectivity index (χ4v) is 10.4. The molecule has 0 unspecified atom stereocenters. The van der Waals surface area contributed by atoms with E-state index in [0.29, 0.717) is 30.6 Å². The Balaban J connectivity index is 1.81. The third-order valence-electron chi connectivity index (χ3n) is 9.80. The first-order valence-corrected chi connectivity index (χ1v) is 16.2. The molecule has 4 aliphatic rings. The summed E-state index contributed by atoms with van der Waals surface area (Å²) >= 11 is 0. The number of ketones is 2. The van der Waals surface area contributed by atoms with Crippen LogP contribution in [0.2, 0.25) is 19.6 Å². The van der Waals surface area contributed by atoms with Crippen molar-refractivity contribution >= 4 is 25.9 Å². The van der Waals surface area contributed by atoms with Crippen LogP contribution in [0.3, 0.4) is 0 Å². The molecule has 0 aromatic rings. The Morgan fingerprint density at radius 1 is 1.00 bits per heavy atom. The van der Waals surface area contributed by atoms with E-state index in [0.717, 1.165) is 32.1 Å². The third kappa shape index (κ3) is 3.62. The highest BCUT2D eigenvalue weighted by Gasteiger charge is 2.69. The number of carbonyl (C=O) groups excluding carboxylic acids is 3. The van der Waals surface area contributed by atoms with Crippen LogP contribution in [0.5, 0.6) is 0 Å². The van der Waals surface area contributed by atoms with Crippen molar-refractivity contribution in [1.29, 1.82) is 0 Å². The first-order valence-electron chi connectivity index (χ1n) is 12.7. The van der Waals surface area contributed by atoms with Gasteiger partial charge in [-0.2, -0.15) is 0 Å². The normalized spacial score (nSPS) is 44.9. The van der Waals surface area contributed by atoms with Crippen molar-refractivity contribution in [2.24, 2.45) is 28.6 Å². The predicted octanol–water partition coefficient (Wildman–Crippen LogP) is 5.63. The minimum Gasteiger partial charge on any atom is -0.451 e. The highest BCUT2D eigenvalue weighted by atomic mass is 28.4. The van der Waals surface area contributed by atoms with Crippen LogP contribution >= 0.6 is 0 Å². The summed E-state index contributed by atoms with van der Waals surface area (Å²) in [4.78, 5) is 37.7. The zero-order chi connectivity index (χ0) is 24.6. The molecule has 0 bridgehead atoms. The average molecular weight is 475 g/mol. The highest BCUT2D eigenvalue weighted by molar-refractivity contribution is 6.69. The molecule has 0 aliphatic heterocycles. The van der Waals surface area contributed by atoms with E-state index in [1.165, 1.54) is 12.5 Å². The molecule has 4 aliphatic carbocycles. The molecule has 3 saturated carbocycles. The summed E-state index contributed by atoms with van der Waals surface area (Å²) in [6.45, 7) is 16.4. The minimum atomic E-state index is -1.90. The fourth-order valence-electron chi connectivity index (χ4n) is 8.81. The molecule has 0 spiro atoms. The first-order chi connectivity index (χ1) is 15.1. The van der Waals surface area contributed by atoms with Crippen LogP contribution in [0, 0.1) is 28.6 Å². The second-order valence-electron chi connectivity index (χ2n) is 12.9. The summed E-state index contributed by atoms with van der Waals surface area (Å²) in [6.07, 6.45) is 7.60. The van der Waals surface area contributed by atoms with Crippen LogP contribution < -0.4 is 0 Å². The molecule has 0 heterocycles. The Labute approximate surface area is 200 Å². The molecular weight excluding hydrogens is 432 g/mol. The van der Waals surface area contributed by atoms with Gasteiger partial charge in [-0.1, -0.05) is 13.8 Å². The van der Waals surface area contributed by atoms with E-state index in [1.54, 1.807) is 6.92 Å². The average Bonchev–Trinajstić information content (AvgIpc) is 2.95. The van der Waals surface area contributed by atoms with Gasteiger partial charge in [-0.3, -0.25) is 14.4 Å². The molecule has 5 nitrogen and oxygen atoms in total. The fraction of sp³-hybridized carbons (Fsp3) is 0.815. The summed E-state index contributed by atoms with van der Waals surface area (Å²) < 4.78 is 12.8. The number of ether oxygens (including phenoxy) is 1. The number of rotatable bonds is 4. The minimum absolute atomic E-state index is 0.0203. The Kier molecular flexibility index (Phi) is 5.73. The Morgan fingerprint density at radius 3 is 2.21 bits per heavy atom. The van der Waals surface area contributed by atoms with Gasteiger partial charge in [0.25, 0.3) is 0 Å². The number of esters is 1. The van der Waals surface area contributed by atoms with E-state index in [-0.39, 0.29) is 28.4 Å². The monoisotopic (exact) mass is 474 g/mol. The van der Waals surface area contributed by atoms with Crippen molar-refractivity contribution in [2.45, 2.75) is 110 Å². The molecule has 33 heavy (non-hydrogen) atoms. The van der Waals surface area contributed by atoms with Crippen LogP contribution in [0.4, 0.5) is 0 Å². The Morgan fingerprint density at radius 2 is 1.64 bits per heavy atom. The topological polar surface area (TPSA) is 69.7 Å². The predicted molar refractivity (Wildman–Crippen MR) is 130 cm³/mol. The maximum absolute atomic E-state index is 13.0. The lowest BCUT2D eigenvalue weighted by Crippen LogP contribution is -2.62. The molecule has 0 amide bonds. The van der Waals surface area contributed by atoms with Gasteiger partial charge in [-0.05, 0) is 107 Å². The summed E-state index contributed by atoms with van der Waals surface area (Å²) in [5.74, 6) is 0.949. The van der Waals surface area contributed by atoms with Gasteiger partial charge in [0.15, 0.2) is 25.5 Å². The van der Waals surface area contributed by atoms with Gasteiger partial charge in [-0.25, -0.2) is 0 Å². The number of carbonyl (C=O) groups is 3. The Bertz CT molecular complexity index is 918. The van der Waals surface area contributed by atoms with E-state index in [4.69, 9.17) is 9.16 Å². The molecule has 0 aromatic heterocycles. The summed E-state index contributed by atoms with van der Waals surface area (Å²) in [6, 6.07) is 0. The number of hydrogen-bond acceptors (Lipinski definition) is 5. The molecular formula is C27H42O5Si. The van der Waals surface area contributed by atoms with Crippen molar-refractivity contribution in [3.05, 3.63) is 11.6 Å². The summed E-state index contributed by atoms with van der Waals surface area (Å²) in [7, 11) is -1.90. The molecule has 3 fully saturated rings. The van der Waals surface area contributed by atoms with Gasteiger partial charge in [0, 0.05) is 18.8 Å². The van der Waals surface area contributed by atoms with Gasteiger partial charge in [0.1, 0.15) is 0 Å². The molecule has 0 radical (unpaired) electrons. The molecule has 7 atom stereocenters. The van der Waals surface area contributed by atoms with Crippen LogP contribution in [0.25, 0.3) is 0 Å². The third-order valence-corrected chi connectivity index (χ3v) is 10.9. The summed E-state index contributed by atoms with van der Waals surface area (Å²) in [5.41, 5.74) is -0.736. The van der Waals surface area contributed by atoms with E-state index >= 15 is 0 Å². The van der Waals surface area contributed by atoms with Crippen LogP contribution in [0.15, 0.2) is 11.6 Å².